The number of benzene rings is 2. The van der Waals surface area contributed by atoms with Gasteiger partial charge in [-0.15, -0.1) is 11.3 Å². The lowest BCUT2D eigenvalue weighted by Gasteiger charge is -2.03. The van der Waals surface area contributed by atoms with E-state index in [0.717, 1.165) is 21.0 Å². The smallest absolute Gasteiger partial charge is 0.338 e. The van der Waals surface area contributed by atoms with Crippen LogP contribution >= 0.6 is 22.9 Å². The molecule has 0 aliphatic carbocycles. The molecular weight excluding hydrogens is 328 g/mol. The first-order chi connectivity index (χ1) is 11.2. The number of esters is 1. The maximum absolute atomic E-state index is 11.7. The number of hydrogen-bond donors (Lipinski definition) is 0. The zero-order valence-electron chi connectivity index (χ0n) is 12.6. The van der Waals surface area contributed by atoms with Crippen molar-refractivity contribution in [3.05, 3.63) is 71.2 Å². The van der Waals surface area contributed by atoms with Gasteiger partial charge in [0.15, 0.2) is 0 Å². The monoisotopic (exact) mass is 342 g/mol. The highest BCUT2D eigenvalue weighted by Gasteiger charge is 2.08. The predicted molar refractivity (Wildman–Crippen MR) is 96.2 cm³/mol. The van der Waals surface area contributed by atoms with Gasteiger partial charge in [0, 0.05) is 14.8 Å². The molecule has 0 bridgehead atoms. The second kappa shape index (κ2) is 6.99. The summed E-state index contributed by atoms with van der Waals surface area (Å²) in [7, 11) is 0. The van der Waals surface area contributed by atoms with Crippen molar-refractivity contribution in [3.63, 3.8) is 0 Å². The molecule has 2 aromatic carbocycles. The summed E-state index contributed by atoms with van der Waals surface area (Å²) in [6, 6.07) is 19.5. The Morgan fingerprint density at radius 2 is 1.43 bits per heavy atom. The van der Waals surface area contributed by atoms with Crippen LogP contribution < -0.4 is 0 Å². The molecule has 0 fully saturated rings. The van der Waals surface area contributed by atoms with Crippen molar-refractivity contribution in [3.8, 4) is 20.9 Å². The lowest BCUT2D eigenvalue weighted by atomic mass is 10.1. The molecule has 0 saturated heterocycles. The van der Waals surface area contributed by atoms with Crippen LogP contribution in [0.2, 0.25) is 5.02 Å². The summed E-state index contributed by atoms with van der Waals surface area (Å²) in [5.74, 6) is -0.285. The van der Waals surface area contributed by atoms with E-state index in [1.54, 1.807) is 30.4 Å². The number of hydrogen-bond acceptors (Lipinski definition) is 3. The molecule has 0 aliphatic rings. The van der Waals surface area contributed by atoms with Crippen LogP contribution in [0.5, 0.6) is 0 Å². The first kappa shape index (κ1) is 15.8. The van der Waals surface area contributed by atoms with Crippen molar-refractivity contribution in [2.45, 2.75) is 6.92 Å². The second-order valence-electron chi connectivity index (χ2n) is 4.97. The number of carbonyl (C=O) groups excluding carboxylic acids is 1. The van der Waals surface area contributed by atoms with Gasteiger partial charge in [-0.25, -0.2) is 4.79 Å². The first-order valence-corrected chi connectivity index (χ1v) is 8.50. The average molecular weight is 343 g/mol. The van der Waals surface area contributed by atoms with Crippen molar-refractivity contribution in [1.82, 2.24) is 0 Å². The average Bonchev–Trinajstić information content (AvgIpc) is 3.06. The fourth-order valence-corrected chi connectivity index (χ4v) is 3.39. The molecule has 2 nitrogen and oxygen atoms in total. The van der Waals surface area contributed by atoms with Gasteiger partial charge in [-0.05, 0) is 54.4 Å². The second-order valence-corrected chi connectivity index (χ2v) is 6.49. The summed E-state index contributed by atoms with van der Waals surface area (Å²) in [5.41, 5.74) is 2.81. The quantitative estimate of drug-likeness (QED) is 0.551. The van der Waals surface area contributed by atoms with Gasteiger partial charge in [0.2, 0.25) is 0 Å². The summed E-state index contributed by atoms with van der Waals surface area (Å²) < 4.78 is 5.00. The summed E-state index contributed by atoms with van der Waals surface area (Å²) in [5, 5.41) is 0.736. The molecule has 3 rings (SSSR count). The largest absolute Gasteiger partial charge is 0.462 e. The Morgan fingerprint density at radius 1 is 0.913 bits per heavy atom. The minimum absolute atomic E-state index is 0.285. The third-order valence-corrected chi connectivity index (χ3v) is 4.85. The molecule has 0 atom stereocenters. The molecule has 3 aromatic rings. The van der Waals surface area contributed by atoms with E-state index in [1.165, 1.54) is 4.88 Å². The van der Waals surface area contributed by atoms with Crippen molar-refractivity contribution < 1.29 is 9.53 Å². The molecule has 0 N–H and O–H groups in total. The maximum Gasteiger partial charge on any atom is 0.338 e. The minimum Gasteiger partial charge on any atom is -0.462 e. The van der Waals surface area contributed by atoms with Gasteiger partial charge in [0.05, 0.1) is 12.2 Å². The van der Waals surface area contributed by atoms with Crippen molar-refractivity contribution >= 4 is 28.9 Å². The molecule has 4 heteroatoms. The van der Waals surface area contributed by atoms with Crippen molar-refractivity contribution in [2.24, 2.45) is 0 Å². The van der Waals surface area contributed by atoms with E-state index in [2.05, 4.69) is 12.1 Å². The molecule has 1 aromatic heterocycles. The number of carbonyl (C=O) groups is 1. The highest BCUT2D eigenvalue weighted by atomic mass is 35.5. The van der Waals surface area contributed by atoms with Gasteiger partial charge < -0.3 is 4.74 Å². The third kappa shape index (κ3) is 3.63. The molecule has 116 valence electrons. The Hall–Kier alpha value is -2.10. The molecule has 0 spiro atoms. The standard InChI is InChI=1S/C19H15ClO2S/c1-2-22-19(21)15-5-3-13(4-6-15)17-11-12-18(23-17)14-7-9-16(20)10-8-14/h3-12H,2H2,1H3. The van der Waals surface area contributed by atoms with Crippen LogP contribution in [0, 0.1) is 0 Å². The normalized spacial score (nSPS) is 10.5. The first-order valence-electron chi connectivity index (χ1n) is 7.30. The van der Waals surface area contributed by atoms with E-state index >= 15 is 0 Å². The fourth-order valence-electron chi connectivity index (χ4n) is 2.25. The molecule has 0 amide bonds. The Labute approximate surface area is 144 Å². The molecule has 0 aliphatic heterocycles. The highest BCUT2D eigenvalue weighted by molar-refractivity contribution is 7.18. The highest BCUT2D eigenvalue weighted by Crippen LogP contribution is 2.34. The number of ether oxygens (including phenoxy) is 1. The molecular formula is C19H15ClO2S. The Bertz CT molecular complexity index is 804. The van der Waals surface area contributed by atoms with Crippen LogP contribution in [0.25, 0.3) is 20.9 Å². The Kier molecular flexibility index (Phi) is 4.79. The van der Waals surface area contributed by atoms with Crippen LogP contribution in [0.4, 0.5) is 0 Å². The SMILES string of the molecule is CCOC(=O)c1ccc(-c2ccc(-c3ccc(Cl)cc3)s2)cc1. The van der Waals surface area contributed by atoms with E-state index in [4.69, 9.17) is 16.3 Å². The zero-order chi connectivity index (χ0) is 16.2. The summed E-state index contributed by atoms with van der Waals surface area (Å²) in [6.07, 6.45) is 0. The third-order valence-electron chi connectivity index (χ3n) is 3.42. The zero-order valence-corrected chi connectivity index (χ0v) is 14.2. The number of rotatable bonds is 4. The van der Waals surface area contributed by atoms with Crippen molar-refractivity contribution in [2.75, 3.05) is 6.61 Å². The van der Waals surface area contributed by atoms with Crippen LogP contribution in [0.15, 0.2) is 60.7 Å². The molecule has 0 radical (unpaired) electrons. The molecule has 23 heavy (non-hydrogen) atoms. The van der Waals surface area contributed by atoms with Crippen LogP contribution in [-0.4, -0.2) is 12.6 Å². The lowest BCUT2D eigenvalue weighted by molar-refractivity contribution is 0.0526. The van der Waals surface area contributed by atoms with Crippen LogP contribution in [0.1, 0.15) is 17.3 Å². The topological polar surface area (TPSA) is 26.3 Å². The van der Waals surface area contributed by atoms with Gasteiger partial charge in [0.25, 0.3) is 0 Å². The molecule has 0 saturated carbocycles. The lowest BCUT2D eigenvalue weighted by Crippen LogP contribution is -2.03. The van der Waals surface area contributed by atoms with Crippen molar-refractivity contribution in [1.29, 1.82) is 0 Å². The molecule has 0 unspecified atom stereocenters. The summed E-state index contributed by atoms with van der Waals surface area (Å²) >= 11 is 7.64. The minimum atomic E-state index is -0.285. The van der Waals surface area contributed by atoms with Crippen LogP contribution in [0.3, 0.4) is 0 Å². The van der Waals surface area contributed by atoms with E-state index in [1.807, 2.05) is 36.4 Å². The number of thiophene rings is 1. The van der Waals surface area contributed by atoms with Crippen LogP contribution in [-0.2, 0) is 4.74 Å². The Morgan fingerprint density at radius 3 is 1.96 bits per heavy atom. The van der Waals surface area contributed by atoms with E-state index in [0.29, 0.717) is 12.2 Å². The maximum atomic E-state index is 11.7. The van der Waals surface area contributed by atoms with Gasteiger partial charge in [-0.1, -0.05) is 35.9 Å². The van der Waals surface area contributed by atoms with E-state index in [9.17, 15) is 4.79 Å². The van der Waals surface area contributed by atoms with Gasteiger partial charge in [0.1, 0.15) is 0 Å². The predicted octanol–water partition coefficient (Wildman–Crippen LogP) is 5.91. The van der Waals surface area contributed by atoms with Gasteiger partial charge >= 0.3 is 5.97 Å². The summed E-state index contributed by atoms with van der Waals surface area (Å²) in [4.78, 5) is 14.0. The van der Waals surface area contributed by atoms with E-state index < -0.39 is 0 Å². The fraction of sp³-hybridized carbons (Fsp3) is 0.105. The van der Waals surface area contributed by atoms with Gasteiger partial charge in [-0.2, -0.15) is 0 Å². The number of halogens is 1. The van der Waals surface area contributed by atoms with Gasteiger partial charge in [-0.3, -0.25) is 0 Å². The molecule has 1 heterocycles. The van der Waals surface area contributed by atoms with E-state index in [-0.39, 0.29) is 5.97 Å². The summed E-state index contributed by atoms with van der Waals surface area (Å²) in [6.45, 7) is 2.19. The Balaban J connectivity index is 1.83.